The summed E-state index contributed by atoms with van der Waals surface area (Å²) in [6, 6.07) is 23.0. The minimum absolute atomic E-state index is 0.0405. The number of alkyl carbamates (subject to hydrolysis) is 1. The van der Waals surface area contributed by atoms with Crippen LogP contribution in [0.3, 0.4) is 0 Å². The number of benzene rings is 3. The van der Waals surface area contributed by atoms with E-state index in [9.17, 15) is 29.1 Å². The number of hydrogen-bond donors (Lipinski definition) is 2. The maximum absolute atomic E-state index is 15.7. The zero-order valence-corrected chi connectivity index (χ0v) is 41.5. The average molecular weight is 1040 g/mol. The van der Waals surface area contributed by atoms with Gasteiger partial charge in [0, 0.05) is 31.1 Å². The second-order valence-corrected chi connectivity index (χ2v) is 21.6. The molecular weight excluding hydrogens is 989 g/mol. The molecule has 0 radical (unpaired) electrons. The van der Waals surface area contributed by atoms with E-state index in [1.807, 2.05) is 0 Å². The van der Waals surface area contributed by atoms with Crippen LogP contribution < -0.4 is 5.32 Å². The van der Waals surface area contributed by atoms with Gasteiger partial charge in [-0.1, -0.05) is 128 Å². The second kappa shape index (κ2) is 19.7. The van der Waals surface area contributed by atoms with Crippen molar-refractivity contribution in [3.63, 3.8) is 0 Å². The number of amides is 1. The second-order valence-electron chi connectivity index (χ2n) is 19.1. The molecule has 17 nitrogen and oxygen atoms in total. The van der Waals surface area contributed by atoms with Crippen molar-refractivity contribution in [2.45, 2.75) is 112 Å². The van der Waals surface area contributed by atoms with Crippen molar-refractivity contribution in [1.29, 1.82) is 0 Å². The zero-order valence-electron chi connectivity index (χ0n) is 39.2. The summed E-state index contributed by atoms with van der Waals surface area (Å²) in [4.78, 5) is 98.5. The number of fused-ring (bicyclic) bond motifs is 4. The molecule has 11 atom stereocenters. The largest absolute Gasteiger partial charge is 0.509 e. The van der Waals surface area contributed by atoms with Crippen LogP contribution >= 0.6 is 34.8 Å². The quantitative estimate of drug-likeness (QED) is 0.0736. The highest BCUT2D eigenvalue weighted by molar-refractivity contribution is 6.67. The molecule has 5 aliphatic rings. The minimum Gasteiger partial charge on any atom is -0.455 e. The van der Waals surface area contributed by atoms with Crippen LogP contribution in [0.1, 0.15) is 81.4 Å². The van der Waals surface area contributed by atoms with E-state index in [-0.39, 0.29) is 48.3 Å². The van der Waals surface area contributed by atoms with Crippen LogP contribution in [0.5, 0.6) is 0 Å². The smallest absolute Gasteiger partial charge is 0.455 e. The molecule has 4 aliphatic carbocycles. The van der Waals surface area contributed by atoms with E-state index < -0.39 is 129 Å². The lowest BCUT2D eigenvalue weighted by Crippen LogP contribution is -2.78. The lowest BCUT2D eigenvalue weighted by atomic mass is 9.48. The van der Waals surface area contributed by atoms with E-state index >= 15 is 9.59 Å². The molecule has 1 saturated heterocycles. The molecule has 5 unspecified atom stereocenters. The third kappa shape index (κ3) is 9.83. The SMILES string of the molecule is CC(=O)O[C@H]1C(=O)C23C[C@H]2CC2OC[C@@]2(OC(C)=O)C3[C@H](OC(=O)c2ccccc2)[C@]2(O)CC(OC(=O)C(OC(=O)OCC(Cl)(Cl)Cl)[C@@H](NC(=O)OCc3ccccc3)c3ccccc3)C(C)=C1C2(C)C. The van der Waals surface area contributed by atoms with Crippen LogP contribution in [0, 0.1) is 22.7 Å². The maximum atomic E-state index is 15.7. The lowest BCUT2D eigenvalue weighted by Gasteiger charge is -2.64. The average Bonchev–Trinajstić information content (AvgIpc) is 4.05. The van der Waals surface area contributed by atoms with Crippen molar-refractivity contribution in [2.24, 2.45) is 22.7 Å². The first kappa shape index (κ1) is 51.6. The molecule has 1 aliphatic heterocycles. The molecule has 378 valence electrons. The minimum atomic E-state index is -2.37. The number of nitrogens with one attached hydrogen (secondary N) is 1. The molecule has 0 aromatic heterocycles. The summed E-state index contributed by atoms with van der Waals surface area (Å²) in [6.45, 7) is 5.76. The Morgan fingerprint density at radius 1 is 0.845 bits per heavy atom. The normalized spacial score (nSPS) is 29.8. The maximum Gasteiger partial charge on any atom is 0.509 e. The standard InChI is InChI=1S/C51H52Cl3NO16/c1-27-34(68-44(60)39(69-46(62)66-26-51(52,53)54)37(31-17-11-7-12-18-31)55-45(61)64-24-30-15-9-6-10-16-30)23-50(63)42(70-43(59)32-19-13-8-14-20-32)40-48(41(58)38(67-28(2)56)36(27)47(50,4)5)22-33(48)21-35-49(40,25-65-35)71-29(3)57/h6-20,33-35,37-40,42,63H,21-26H2,1-5H3,(H,55,61)/t33-,34?,35?,37+,38-,39?,40?,42+,48?,49+,50-/m1/s1. The number of alkyl halides is 3. The number of ether oxygens (including phenoxy) is 8. The van der Waals surface area contributed by atoms with Crippen LogP contribution in [0.2, 0.25) is 0 Å². The Hall–Kier alpha value is -5.72. The van der Waals surface area contributed by atoms with Gasteiger partial charge in [-0.25, -0.2) is 19.2 Å². The monoisotopic (exact) mass is 1040 g/mol. The Labute approximate surface area is 423 Å². The highest BCUT2D eigenvalue weighted by Crippen LogP contribution is 2.74. The van der Waals surface area contributed by atoms with E-state index in [0.717, 1.165) is 6.92 Å². The Bertz CT molecular complexity index is 2610. The van der Waals surface area contributed by atoms with Gasteiger partial charge in [0.1, 0.15) is 43.2 Å². The fourth-order valence-corrected chi connectivity index (χ4v) is 11.4. The summed E-state index contributed by atoms with van der Waals surface area (Å²) in [5, 5.41) is 16.5. The summed E-state index contributed by atoms with van der Waals surface area (Å²) >= 11 is 17.6. The number of Topliss-reactive ketones (excluding diaryl/α,β-unsaturated/α-hetero) is 1. The van der Waals surface area contributed by atoms with Gasteiger partial charge in [-0.3, -0.25) is 14.4 Å². The Kier molecular flexibility index (Phi) is 14.3. The van der Waals surface area contributed by atoms with Gasteiger partial charge in [0.2, 0.25) is 9.90 Å². The topological polar surface area (TPSA) is 226 Å². The number of halogens is 3. The van der Waals surface area contributed by atoms with Crippen LogP contribution in [0.15, 0.2) is 102 Å². The van der Waals surface area contributed by atoms with Gasteiger partial charge in [-0.15, -0.1) is 0 Å². The van der Waals surface area contributed by atoms with Gasteiger partial charge in [-0.2, -0.15) is 0 Å². The van der Waals surface area contributed by atoms with Crippen molar-refractivity contribution >= 4 is 76.7 Å². The Morgan fingerprint density at radius 3 is 2.07 bits per heavy atom. The Balaban J connectivity index is 1.25. The molecule has 2 N–H and O–H groups in total. The number of rotatable bonds is 13. The molecule has 71 heavy (non-hydrogen) atoms. The summed E-state index contributed by atoms with van der Waals surface area (Å²) in [5.74, 6) is -6.14. The number of ketones is 1. The highest BCUT2D eigenvalue weighted by atomic mass is 35.6. The summed E-state index contributed by atoms with van der Waals surface area (Å²) in [7, 11) is 0. The molecule has 2 bridgehead atoms. The first-order valence-corrected chi connectivity index (χ1v) is 24.0. The number of carbonyl (C=O) groups is 7. The first-order chi connectivity index (χ1) is 33.5. The molecule has 4 fully saturated rings. The van der Waals surface area contributed by atoms with Crippen molar-refractivity contribution in [1.82, 2.24) is 5.32 Å². The van der Waals surface area contributed by atoms with Gasteiger partial charge >= 0.3 is 36.1 Å². The zero-order chi connectivity index (χ0) is 51.3. The van der Waals surface area contributed by atoms with E-state index in [2.05, 4.69) is 5.32 Å². The van der Waals surface area contributed by atoms with Crippen molar-refractivity contribution in [3.8, 4) is 0 Å². The molecule has 3 aromatic rings. The predicted octanol–water partition coefficient (Wildman–Crippen LogP) is 7.40. The van der Waals surface area contributed by atoms with Crippen molar-refractivity contribution in [2.75, 3.05) is 13.2 Å². The fourth-order valence-electron chi connectivity index (χ4n) is 11.3. The number of aliphatic hydroxyl groups is 1. The third-order valence-electron chi connectivity index (χ3n) is 14.6. The van der Waals surface area contributed by atoms with Crippen LogP contribution in [0.25, 0.3) is 0 Å². The van der Waals surface area contributed by atoms with Gasteiger partial charge < -0.3 is 48.3 Å². The van der Waals surface area contributed by atoms with Crippen molar-refractivity contribution < 1.29 is 76.6 Å². The van der Waals surface area contributed by atoms with Gasteiger partial charge in [0.25, 0.3) is 0 Å². The molecule has 3 saturated carbocycles. The summed E-state index contributed by atoms with van der Waals surface area (Å²) in [5.41, 5.74) is -6.01. The molecular formula is C51H52Cl3NO16. The molecule has 20 heteroatoms. The molecule has 1 spiro atoms. The number of carbonyl (C=O) groups excluding carboxylic acids is 7. The molecule has 3 aromatic carbocycles. The molecule has 1 heterocycles. The first-order valence-electron chi connectivity index (χ1n) is 22.9. The van der Waals surface area contributed by atoms with E-state index in [0.29, 0.717) is 5.56 Å². The van der Waals surface area contributed by atoms with E-state index in [4.69, 9.17) is 72.7 Å². The summed E-state index contributed by atoms with van der Waals surface area (Å²) in [6.07, 6.45) is -10.6. The Morgan fingerprint density at radius 2 is 1.48 bits per heavy atom. The van der Waals surface area contributed by atoms with Crippen LogP contribution in [-0.2, 0) is 63.7 Å². The third-order valence-corrected chi connectivity index (χ3v) is 14.9. The molecule has 1 amide bonds. The number of esters is 4. The van der Waals surface area contributed by atoms with Crippen molar-refractivity contribution in [3.05, 3.63) is 119 Å². The van der Waals surface area contributed by atoms with E-state index in [1.54, 1.807) is 80.6 Å². The predicted molar refractivity (Wildman–Crippen MR) is 250 cm³/mol. The van der Waals surface area contributed by atoms with E-state index in [1.165, 1.54) is 38.1 Å². The fraction of sp³-hybridized carbons (Fsp3) is 0.471. The number of hydrogen-bond acceptors (Lipinski definition) is 16. The van der Waals surface area contributed by atoms with Gasteiger partial charge in [-0.05, 0) is 60.1 Å². The molecule has 8 rings (SSSR count). The van der Waals surface area contributed by atoms with Gasteiger partial charge in [0.05, 0.1) is 18.1 Å². The summed E-state index contributed by atoms with van der Waals surface area (Å²) < 4.78 is 45.1. The van der Waals surface area contributed by atoms with Crippen LogP contribution in [-0.4, -0.2) is 106 Å². The lowest BCUT2D eigenvalue weighted by molar-refractivity contribution is -0.323. The van der Waals surface area contributed by atoms with Gasteiger partial charge in [0.15, 0.2) is 17.5 Å². The van der Waals surface area contributed by atoms with Crippen LogP contribution in [0.4, 0.5) is 9.59 Å². The highest BCUT2D eigenvalue weighted by Gasteiger charge is 2.84.